The van der Waals surface area contributed by atoms with Crippen LogP contribution in [-0.2, 0) is 9.47 Å². The molecule has 0 bridgehead atoms. The van der Waals surface area contributed by atoms with E-state index in [4.69, 9.17) is 9.47 Å². The molecule has 1 amide bonds. The van der Waals surface area contributed by atoms with Gasteiger partial charge < -0.3 is 19.9 Å². The molecule has 0 saturated carbocycles. The van der Waals surface area contributed by atoms with Crippen LogP contribution in [0.5, 0.6) is 0 Å². The first kappa shape index (κ1) is 13.3. The van der Waals surface area contributed by atoms with Crippen LogP contribution in [0, 0.1) is 0 Å². The summed E-state index contributed by atoms with van der Waals surface area (Å²) in [5.41, 5.74) is -1.47. The van der Waals surface area contributed by atoms with Crippen LogP contribution in [0.25, 0.3) is 0 Å². The summed E-state index contributed by atoms with van der Waals surface area (Å²) in [7, 11) is 0. The molecule has 1 unspecified atom stereocenters. The maximum absolute atomic E-state index is 11.4. The maximum atomic E-state index is 11.4. The molecule has 5 nitrogen and oxygen atoms in total. The van der Waals surface area contributed by atoms with Gasteiger partial charge in [-0.15, -0.1) is 0 Å². The van der Waals surface area contributed by atoms with Gasteiger partial charge in [0.25, 0.3) is 0 Å². The SMILES string of the molecule is CC(C)(C)OC(=O)NCC1(O)CCCOC1. The van der Waals surface area contributed by atoms with Crippen molar-refractivity contribution in [2.45, 2.75) is 44.8 Å². The summed E-state index contributed by atoms with van der Waals surface area (Å²) in [4.78, 5) is 11.4. The summed E-state index contributed by atoms with van der Waals surface area (Å²) in [6.07, 6.45) is 0.946. The number of carbonyl (C=O) groups is 1. The lowest BCUT2D eigenvalue weighted by atomic mass is 9.97. The van der Waals surface area contributed by atoms with Crippen molar-refractivity contribution in [1.29, 1.82) is 0 Å². The number of hydrogen-bond donors (Lipinski definition) is 2. The first-order chi connectivity index (χ1) is 7.31. The zero-order valence-corrected chi connectivity index (χ0v) is 10.2. The molecule has 5 heteroatoms. The normalized spacial score (nSPS) is 26.2. The lowest BCUT2D eigenvalue weighted by Crippen LogP contribution is -2.49. The first-order valence-electron chi connectivity index (χ1n) is 5.58. The first-order valence-corrected chi connectivity index (χ1v) is 5.58. The predicted molar refractivity (Wildman–Crippen MR) is 59.2 cm³/mol. The molecule has 1 fully saturated rings. The molecule has 16 heavy (non-hydrogen) atoms. The second-order valence-electron chi connectivity index (χ2n) is 5.24. The van der Waals surface area contributed by atoms with Crippen molar-refractivity contribution in [3.05, 3.63) is 0 Å². The van der Waals surface area contributed by atoms with E-state index in [2.05, 4.69) is 5.32 Å². The molecule has 1 heterocycles. The number of ether oxygens (including phenoxy) is 2. The predicted octanol–water partition coefficient (Wildman–Crippen LogP) is 1.05. The Morgan fingerprint density at radius 2 is 2.25 bits per heavy atom. The molecular formula is C11H21NO4. The topological polar surface area (TPSA) is 67.8 Å². The highest BCUT2D eigenvalue weighted by molar-refractivity contribution is 5.67. The summed E-state index contributed by atoms with van der Waals surface area (Å²) >= 11 is 0. The molecular weight excluding hydrogens is 210 g/mol. The van der Waals surface area contributed by atoms with Crippen LogP contribution in [0.4, 0.5) is 4.79 Å². The van der Waals surface area contributed by atoms with Crippen molar-refractivity contribution in [3.8, 4) is 0 Å². The summed E-state index contributed by atoms with van der Waals surface area (Å²) in [5.74, 6) is 0. The third-order valence-electron chi connectivity index (χ3n) is 2.26. The minimum absolute atomic E-state index is 0.169. The summed E-state index contributed by atoms with van der Waals surface area (Å²) in [6.45, 7) is 6.50. The number of rotatable bonds is 2. The molecule has 0 spiro atoms. The fourth-order valence-corrected chi connectivity index (χ4v) is 1.53. The minimum atomic E-state index is -0.949. The van der Waals surface area contributed by atoms with Gasteiger partial charge in [-0.2, -0.15) is 0 Å². The lowest BCUT2D eigenvalue weighted by Gasteiger charge is -2.32. The number of aliphatic hydroxyl groups is 1. The van der Waals surface area contributed by atoms with E-state index in [-0.39, 0.29) is 13.2 Å². The van der Waals surface area contributed by atoms with Crippen molar-refractivity contribution >= 4 is 6.09 Å². The van der Waals surface area contributed by atoms with Crippen LogP contribution in [0.1, 0.15) is 33.6 Å². The number of carbonyl (C=O) groups excluding carboxylic acids is 1. The Bertz CT molecular complexity index is 241. The smallest absolute Gasteiger partial charge is 0.407 e. The standard InChI is InChI=1S/C11H21NO4/c1-10(2,3)16-9(13)12-7-11(14)5-4-6-15-8-11/h14H,4-8H2,1-3H3,(H,12,13). The fourth-order valence-electron chi connectivity index (χ4n) is 1.53. The number of amides is 1. The molecule has 1 aliphatic heterocycles. The molecule has 94 valence electrons. The Kier molecular flexibility index (Phi) is 4.15. The van der Waals surface area contributed by atoms with Gasteiger partial charge in [0.1, 0.15) is 11.2 Å². The highest BCUT2D eigenvalue weighted by Crippen LogP contribution is 2.18. The maximum Gasteiger partial charge on any atom is 0.407 e. The van der Waals surface area contributed by atoms with Gasteiger partial charge in [-0.25, -0.2) is 4.79 Å². The van der Waals surface area contributed by atoms with Gasteiger partial charge in [0.2, 0.25) is 0 Å². The largest absolute Gasteiger partial charge is 0.444 e. The lowest BCUT2D eigenvalue weighted by molar-refractivity contribution is -0.0834. The van der Waals surface area contributed by atoms with Crippen LogP contribution in [-0.4, -0.2) is 42.2 Å². The second kappa shape index (κ2) is 5.01. The second-order valence-corrected chi connectivity index (χ2v) is 5.24. The zero-order chi connectivity index (χ0) is 12.2. The van der Waals surface area contributed by atoms with E-state index >= 15 is 0 Å². The van der Waals surface area contributed by atoms with E-state index in [9.17, 15) is 9.90 Å². The number of alkyl carbamates (subject to hydrolysis) is 1. The Morgan fingerprint density at radius 1 is 1.56 bits per heavy atom. The van der Waals surface area contributed by atoms with Crippen LogP contribution in [0.15, 0.2) is 0 Å². The third kappa shape index (κ3) is 4.81. The van der Waals surface area contributed by atoms with Crippen molar-refractivity contribution in [1.82, 2.24) is 5.32 Å². The van der Waals surface area contributed by atoms with Gasteiger partial charge in [-0.3, -0.25) is 0 Å². The fraction of sp³-hybridized carbons (Fsp3) is 0.909. The summed E-state index contributed by atoms with van der Waals surface area (Å²) < 4.78 is 10.2. The molecule has 1 saturated heterocycles. The van der Waals surface area contributed by atoms with Gasteiger partial charge in [0.05, 0.1) is 13.2 Å². The van der Waals surface area contributed by atoms with Gasteiger partial charge in [-0.05, 0) is 33.6 Å². The molecule has 2 N–H and O–H groups in total. The van der Waals surface area contributed by atoms with E-state index < -0.39 is 17.3 Å². The van der Waals surface area contributed by atoms with Crippen molar-refractivity contribution < 1.29 is 19.4 Å². The minimum Gasteiger partial charge on any atom is -0.444 e. The van der Waals surface area contributed by atoms with Gasteiger partial charge in [-0.1, -0.05) is 0 Å². The molecule has 0 aliphatic carbocycles. The van der Waals surface area contributed by atoms with E-state index in [0.29, 0.717) is 13.0 Å². The number of nitrogens with one attached hydrogen (secondary N) is 1. The monoisotopic (exact) mass is 231 g/mol. The summed E-state index contributed by atoms with van der Waals surface area (Å²) in [5, 5.41) is 12.6. The Hall–Kier alpha value is -0.810. The average Bonchev–Trinajstić information content (AvgIpc) is 2.14. The molecule has 0 aromatic rings. The third-order valence-corrected chi connectivity index (χ3v) is 2.26. The molecule has 0 radical (unpaired) electrons. The zero-order valence-electron chi connectivity index (χ0n) is 10.2. The van der Waals surface area contributed by atoms with Crippen molar-refractivity contribution in [2.24, 2.45) is 0 Å². The highest BCUT2D eigenvalue weighted by Gasteiger charge is 2.31. The van der Waals surface area contributed by atoms with E-state index in [0.717, 1.165) is 6.42 Å². The van der Waals surface area contributed by atoms with E-state index in [1.165, 1.54) is 0 Å². The van der Waals surface area contributed by atoms with Crippen molar-refractivity contribution in [2.75, 3.05) is 19.8 Å². The Morgan fingerprint density at radius 3 is 2.75 bits per heavy atom. The van der Waals surface area contributed by atoms with Crippen LogP contribution in [0.3, 0.4) is 0 Å². The van der Waals surface area contributed by atoms with Crippen LogP contribution >= 0.6 is 0 Å². The molecule has 0 aromatic carbocycles. The Balaban J connectivity index is 2.30. The Labute approximate surface area is 96.1 Å². The summed E-state index contributed by atoms with van der Waals surface area (Å²) in [6, 6.07) is 0. The van der Waals surface area contributed by atoms with Gasteiger partial charge in [0, 0.05) is 6.61 Å². The molecule has 1 atom stereocenters. The highest BCUT2D eigenvalue weighted by atomic mass is 16.6. The molecule has 0 aromatic heterocycles. The van der Waals surface area contributed by atoms with Crippen LogP contribution < -0.4 is 5.32 Å². The average molecular weight is 231 g/mol. The molecule has 1 rings (SSSR count). The molecule has 1 aliphatic rings. The van der Waals surface area contributed by atoms with Crippen LogP contribution in [0.2, 0.25) is 0 Å². The van der Waals surface area contributed by atoms with Crippen molar-refractivity contribution in [3.63, 3.8) is 0 Å². The quantitative estimate of drug-likeness (QED) is 0.745. The van der Waals surface area contributed by atoms with Gasteiger partial charge >= 0.3 is 6.09 Å². The van der Waals surface area contributed by atoms with E-state index in [1.54, 1.807) is 20.8 Å². The van der Waals surface area contributed by atoms with E-state index in [1.807, 2.05) is 0 Å². The number of hydrogen-bond acceptors (Lipinski definition) is 4. The van der Waals surface area contributed by atoms with Gasteiger partial charge in [0.15, 0.2) is 0 Å².